The van der Waals surface area contributed by atoms with E-state index in [1.54, 1.807) is 0 Å². The highest BCUT2D eigenvalue weighted by Crippen LogP contribution is 2.62. The van der Waals surface area contributed by atoms with Gasteiger partial charge in [-0.2, -0.15) is 0 Å². The standard InChI is InChI=1S/C19H32O3.C16H28O3.C13H24O3.C12H22O3/c1-5-18(2,3)17(20)22-12-21-11-19(4)15-7-13-6-14(9-15)10-16(19)8-13;1-5-15(2,3)14(17)19-11-18-10-16(4)9-12-6-7-13(16)8-12;1-4-13(2,3)12(14)16-10-15-11-8-6-5-7-9-11;1-4-12(2,3)11(13)15-9-14-10-7-5-6-8-10/h13-16H,5-12H2,1-4H3;12-13H,5-11H2,1-4H3;11H,4-10H2,1-3H3;10H,4-9H2,1-3H3. The molecule has 0 aromatic rings. The average molecular weight is 1020 g/mol. The van der Waals surface area contributed by atoms with E-state index in [0.717, 1.165) is 100 Å². The minimum atomic E-state index is -0.407. The van der Waals surface area contributed by atoms with Crippen LogP contribution in [0.2, 0.25) is 0 Å². The molecule has 0 radical (unpaired) electrons. The Bertz CT molecular complexity index is 1630. The fourth-order valence-corrected chi connectivity index (χ4v) is 12.1. The van der Waals surface area contributed by atoms with Gasteiger partial charge in [0.15, 0.2) is 27.2 Å². The van der Waals surface area contributed by atoms with Crippen LogP contribution in [0.3, 0.4) is 0 Å². The molecule has 8 saturated carbocycles. The van der Waals surface area contributed by atoms with Crippen molar-refractivity contribution in [3.05, 3.63) is 0 Å². The lowest BCUT2D eigenvalue weighted by atomic mass is 9.46. The van der Waals surface area contributed by atoms with Gasteiger partial charge in [0.2, 0.25) is 0 Å². The van der Waals surface area contributed by atoms with Crippen LogP contribution in [0.5, 0.6) is 0 Å². The third-order valence-electron chi connectivity index (χ3n) is 19.3. The SMILES string of the molecule is CCC(C)(C)C(=O)OCOC1CCCC1.CCC(C)(C)C(=O)OCOC1CCCCC1.CCC(C)(C)C(=O)OCOCC1(C)C2CC3CC(C2)CC1C3.CCC(C)(C)C(=O)OCOCC1(C)CC2CCC1C2. The molecule has 0 aromatic carbocycles. The largest absolute Gasteiger partial charge is 0.438 e. The lowest BCUT2D eigenvalue weighted by Gasteiger charge is -2.60. The third-order valence-corrected chi connectivity index (χ3v) is 19.3. The summed E-state index contributed by atoms with van der Waals surface area (Å²) in [6.07, 6.45) is 26.9. The van der Waals surface area contributed by atoms with Crippen LogP contribution < -0.4 is 0 Å². The Labute approximate surface area is 438 Å². The van der Waals surface area contributed by atoms with Crippen molar-refractivity contribution in [1.82, 2.24) is 0 Å². The molecule has 0 spiro atoms. The highest BCUT2D eigenvalue weighted by molar-refractivity contribution is 5.77. The van der Waals surface area contributed by atoms with Crippen molar-refractivity contribution < 1.29 is 57.1 Å². The van der Waals surface area contributed by atoms with E-state index in [0.29, 0.717) is 23.0 Å². The minimum Gasteiger partial charge on any atom is -0.438 e. The number of ether oxygens (including phenoxy) is 8. The smallest absolute Gasteiger partial charge is 0.313 e. The molecule has 72 heavy (non-hydrogen) atoms. The molecule has 3 unspecified atom stereocenters. The first-order chi connectivity index (χ1) is 33.8. The van der Waals surface area contributed by atoms with Gasteiger partial charge in [0.1, 0.15) is 0 Å². The molecule has 0 aromatic heterocycles. The summed E-state index contributed by atoms with van der Waals surface area (Å²) >= 11 is 0. The van der Waals surface area contributed by atoms with E-state index < -0.39 is 16.2 Å². The number of rotatable bonds is 22. The Morgan fingerprint density at radius 2 is 0.764 bits per heavy atom. The first-order valence-corrected chi connectivity index (χ1v) is 28.9. The number of esters is 4. The minimum absolute atomic E-state index is 0.106. The number of hydrogen-bond donors (Lipinski definition) is 0. The Kier molecular flexibility index (Phi) is 24.4. The molecule has 0 aliphatic heterocycles. The van der Waals surface area contributed by atoms with Crippen LogP contribution in [0, 0.1) is 68.0 Å². The van der Waals surface area contributed by atoms with Crippen LogP contribution >= 0.6 is 0 Å². The van der Waals surface area contributed by atoms with Gasteiger partial charge < -0.3 is 37.9 Å². The van der Waals surface area contributed by atoms with E-state index >= 15 is 0 Å². The first-order valence-electron chi connectivity index (χ1n) is 28.9. The first kappa shape index (κ1) is 62.3. The molecule has 8 fully saturated rings. The molecule has 418 valence electrons. The molecule has 6 bridgehead atoms. The van der Waals surface area contributed by atoms with Gasteiger partial charge in [-0.15, -0.1) is 0 Å². The summed E-state index contributed by atoms with van der Waals surface area (Å²) in [5.74, 6) is 4.73. The van der Waals surface area contributed by atoms with Crippen LogP contribution in [-0.4, -0.2) is 76.5 Å². The van der Waals surface area contributed by atoms with Gasteiger partial charge >= 0.3 is 23.9 Å². The number of fused-ring (bicyclic) bond motifs is 2. The summed E-state index contributed by atoms with van der Waals surface area (Å²) < 4.78 is 43.3. The molecular weight excluding hydrogens is 913 g/mol. The van der Waals surface area contributed by atoms with Gasteiger partial charge in [-0.25, -0.2) is 0 Å². The second-order valence-corrected chi connectivity index (χ2v) is 26.4. The van der Waals surface area contributed by atoms with E-state index in [1.165, 1.54) is 89.9 Å². The lowest BCUT2D eigenvalue weighted by molar-refractivity contribution is -0.181. The van der Waals surface area contributed by atoms with E-state index in [2.05, 4.69) is 13.8 Å². The molecule has 0 heterocycles. The van der Waals surface area contributed by atoms with Gasteiger partial charge in [-0.1, -0.05) is 80.1 Å². The third kappa shape index (κ3) is 18.2. The van der Waals surface area contributed by atoms with E-state index in [1.807, 2.05) is 83.1 Å². The molecule has 8 aliphatic rings. The predicted octanol–water partition coefficient (Wildman–Crippen LogP) is 14.3. The molecule has 0 N–H and O–H groups in total. The van der Waals surface area contributed by atoms with Crippen molar-refractivity contribution in [2.45, 2.75) is 250 Å². The second kappa shape index (κ2) is 28.2. The van der Waals surface area contributed by atoms with Gasteiger partial charge in [0.05, 0.1) is 47.1 Å². The summed E-state index contributed by atoms with van der Waals surface area (Å²) in [6, 6.07) is 0. The highest BCUT2D eigenvalue weighted by Gasteiger charge is 2.55. The maximum atomic E-state index is 12.0. The summed E-state index contributed by atoms with van der Waals surface area (Å²) in [5.41, 5.74) is -0.972. The molecule has 12 nitrogen and oxygen atoms in total. The van der Waals surface area contributed by atoms with Gasteiger partial charge in [0, 0.05) is 0 Å². The second-order valence-electron chi connectivity index (χ2n) is 26.4. The van der Waals surface area contributed by atoms with Crippen LogP contribution in [0.1, 0.15) is 238 Å². The zero-order valence-electron chi connectivity index (χ0n) is 48.3. The highest BCUT2D eigenvalue weighted by atomic mass is 16.7. The fraction of sp³-hybridized carbons (Fsp3) is 0.933. The maximum Gasteiger partial charge on any atom is 0.313 e. The molecular formula is C60H106O12. The Balaban J connectivity index is 0.000000211. The fourth-order valence-electron chi connectivity index (χ4n) is 12.1. The molecule has 0 saturated heterocycles. The van der Waals surface area contributed by atoms with Crippen molar-refractivity contribution in [1.29, 1.82) is 0 Å². The lowest BCUT2D eigenvalue weighted by Crippen LogP contribution is -2.53. The Hall–Kier alpha value is -2.28. The number of carbonyl (C=O) groups is 4. The maximum absolute atomic E-state index is 12.0. The summed E-state index contributed by atoms with van der Waals surface area (Å²) in [5, 5.41) is 0. The molecule has 8 rings (SSSR count). The van der Waals surface area contributed by atoms with Crippen molar-refractivity contribution in [3.63, 3.8) is 0 Å². The normalized spacial score (nSPS) is 29.0. The van der Waals surface area contributed by atoms with Crippen LogP contribution in [0.4, 0.5) is 0 Å². The Morgan fingerprint density at radius 3 is 1.11 bits per heavy atom. The molecule has 8 aliphatic carbocycles. The monoisotopic (exact) mass is 1020 g/mol. The van der Waals surface area contributed by atoms with E-state index in [4.69, 9.17) is 37.9 Å². The summed E-state index contributed by atoms with van der Waals surface area (Å²) in [4.78, 5) is 47.0. The topological polar surface area (TPSA) is 142 Å². The summed E-state index contributed by atoms with van der Waals surface area (Å²) in [6.45, 7) is 29.9. The van der Waals surface area contributed by atoms with Crippen molar-refractivity contribution in [3.8, 4) is 0 Å². The zero-order valence-corrected chi connectivity index (χ0v) is 48.3. The number of hydrogen-bond acceptors (Lipinski definition) is 12. The number of carbonyl (C=O) groups excluding carboxylic acids is 4. The van der Waals surface area contributed by atoms with Crippen LogP contribution in [0.15, 0.2) is 0 Å². The average Bonchev–Trinajstić information content (AvgIpc) is 4.13. The molecule has 0 amide bonds. The van der Waals surface area contributed by atoms with E-state index in [9.17, 15) is 19.2 Å². The van der Waals surface area contributed by atoms with Gasteiger partial charge in [0.25, 0.3) is 0 Å². The molecule has 3 atom stereocenters. The van der Waals surface area contributed by atoms with Crippen molar-refractivity contribution >= 4 is 23.9 Å². The van der Waals surface area contributed by atoms with Crippen LogP contribution in [0.25, 0.3) is 0 Å². The zero-order chi connectivity index (χ0) is 53.4. The Morgan fingerprint density at radius 1 is 0.417 bits per heavy atom. The quantitative estimate of drug-likeness (QED) is 0.0441. The van der Waals surface area contributed by atoms with Gasteiger partial charge in [-0.3, -0.25) is 19.2 Å². The predicted molar refractivity (Wildman–Crippen MR) is 282 cm³/mol. The van der Waals surface area contributed by atoms with Crippen LogP contribution in [-0.2, 0) is 57.1 Å². The van der Waals surface area contributed by atoms with Crippen molar-refractivity contribution in [2.24, 2.45) is 68.0 Å². The van der Waals surface area contributed by atoms with Gasteiger partial charge in [-0.05, 0) is 204 Å². The molecule has 12 heteroatoms. The summed E-state index contributed by atoms with van der Waals surface area (Å²) in [7, 11) is 0. The van der Waals surface area contributed by atoms with E-state index in [-0.39, 0.29) is 56.5 Å². The van der Waals surface area contributed by atoms with Crippen molar-refractivity contribution in [2.75, 3.05) is 40.4 Å².